The van der Waals surface area contributed by atoms with Crippen LogP contribution in [0.3, 0.4) is 0 Å². The lowest BCUT2D eigenvalue weighted by Crippen LogP contribution is -2.60. The molecule has 122 heavy (non-hydrogen) atoms. The van der Waals surface area contributed by atoms with Gasteiger partial charge in [-0.1, -0.05) is 265 Å². The number of thiophene rings is 3. The lowest BCUT2D eigenvalue weighted by Gasteiger charge is -2.43. The van der Waals surface area contributed by atoms with Gasteiger partial charge in [-0.15, -0.1) is 34.0 Å². The van der Waals surface area contributed by atoms with Crippen LogP contribution in [0.2, 0.25) is 0 Å². The summed E-state index contributed by atoms with van der Waals surface area (Å²) in [7, 11) is 0. The molecule has 28 rings (SSSR count). The number of rotatable bonds is 3. The summed E-state index contributed by atoms with van der Waals surface area (Å²) in [6.45, 7) is 28.4. The highest BCUT2D eigenvalue weighted by Gasteiger charge is 2.51. The van der Waals surface area contributed by atoms with Crippen LogP contribution in [0.4, 0.5) is 22.7 Å². The van der Waals surface area contributed by atoms with Crippen molar-refractivity contribution < 1.29 is 0 Å². The molecule has 0 atom stereocenters. The average molecular weight is 1610 g/mol. The van der Waals surface area contributed by atoms with E-state index in [-0.39, 0.29) is 40.8 Å². The summed E-state index contributed by atoms with van der Waals surface area (Å²) < 4.78 is 13.3. The van der Waals surface area contributed by atoms with Gasteiger partial charge >= 0.3 is 13.7 Å². The molecule has 0 saturated carbocycles. The van der Waals surface area contributed by atoms with Crippen molar-refractivity contribution in [2.75, 3.05) is 9.62 Å². The Kier molecular flexibility index (Phi) is 12.9. The summed E-state index contributed by atoms with van der Waals surface area (Å²) in [5.41, 5.74) is 44.3. The Hall–Kier alpha value is -12.5. The molecule has 9 heteroatoms. The number of nitrogens with zero attached hydrogens (tertiary/aromatic N) is 4. The first-order valence-corrected chi connectivity index (χ1v) is 46.0. The van der Waals surface area contributed by atoms with Gasteiger partial charge < -0.3 is 18.8 Å². The molecule has 578 valence electrons. The molecule has 0 spiro atoms. The van der Waals surface area contributed by atoms with Crippen molar-refractivity contribution in [1.82, 2.24) is 9.13 Å². The zero-order valence-corrected chi connectivity index (χ0v) is 72.7. The van der Waals surface area contributed by atoms with Gasteiger partial charge in [0.15, 0.2) is 0 Å². The zero-order valence-electron chi connectivity index (χ0n) is 70.2. The molecule has 0 N–H and O–H groups in total. The molecule has 4 nitrogen and oxygen atoms in total. The predicted molar refractivity (Wildman–Crippen MR) is 527 cm³/mol. The minimum atomic E-state index is -0.211. The molecule has 21 aromatic rings. The highest BCUT2D eigenvalue weighted by Crippen LogP contribution is 2.60. The molecular weight excluding hydrogens is 1530 g/mol. The van der Waals surface area contributed by atoms with Gasteiger partial charge in [0.1, 0.15) is 0 Å². The van der Waals surface area contributed by atoms with E-state index in [0.29, 0.717) is 0 Å². The maximum atomic E-state index is 2.76. The minimum Gasteiger partial charge on any atom is -0.376 e. The molecule has 0 radical (unpaired) electrons. The standard InChI is InChI=1S/C113H82B2N4S3/c1-109(2,3)60-33-37-62(38-34-60)118-95-50-77-67-24-15-19-30-87(67)111(7,8)88(77)47-78(95)70-42-44-72-81-56-102-83(52-94(81)117-97-57-89-75(48-91(97)114(118)104(70)106(72)117)65-22-13-17-28-85(65)112(89,9)10)69-41-32-59(46-100(69)121-102)64-26-21-27-74-84-53-96-79(54-103(84)122-108(64)74)71-43-45-73-80-55-101-82(68-25-16-20-31-99(68)120-101)51-93(80)116-98-58-90-76(66-23-14-18-29-86(66)113(90,11)12)49-92(98)115(105(71)107(73)116)119(96)63-39-35-61(36-40-63)110(4,5)6/h13-58H,1-12H3. The van der Waals surface area contributed by atoms with E-state index in [2.05, 4.69) is 381 Å². The van der Waals surface area contributed by atoms with Crippen molar-refractivity contribution >= 4 is 196 Å². The SMILES string of the molecule is CC(C)(C)c1ccc(N2B3c4cc5c(cc4-n4c6cc7c(cc6c6ccc(c3c64)-c3cc4sc6c(-c8ccc9c(c8)sc8cc%10c%11ccc%12c%13c%11n(c%10cc89)-c8cc9c(cc8B%13N(c8ccc(C(C)(C)C)cc8)c8cc%10c(cc8-%12)C(C)(C)c8ccccc8-%10)-c8ccccc8C9(C)C)cccc6c4cc32)sc2ccccc27)C(C)(C)c2ccccc2-5)cc1. The van der Waals surface area contributed by atoms with Gasteiger partial charge in [-0.3, -0.25) is 0 Å². The fourth-order valence-electron chi connectivity index (χ4n) is 24.3. The highest BCUT2D eigenvalue weighted by atomic mass is 32.1. The van der Waals surface area contributed by atoms with E-state index in [9.17, 15) is 0 Å². The second-order valence-electron chi connectivity index (χ2n) is 39.8. The quantitative estimate of drug-likeness (QED) is 0.164. The van der Waals surface area contributed by atoms with Crippen LogP contribution < -0.4 is 31.5 Å². The second-order valence-corrected chi connectivity index (χ2v) is 43.0. The van der Waals surface area contributed by atoms with Gasteiger partial charge in [0.25, 0.3) is 0 Å². The molecule has 0 saturated heterocycles. The van der Waals surface area contributed by atoms with Crippen molar-refractivity contribution in [1.29, 1.82) is 0 Å². The monoisotopic (exact) mass is 1610 g/mol. The van der Waals surface area contributed by atoms with E-state index in [1.165, 1.54) is 271 Å². The molecule has 0 fully saturated rings. The summed E-state index contributed by atoms with van der Waals surface area (Å²) in [6, 6.07) is 111. The Morgan fingerprint density at radius 3 is 1.21 bits per heavy atom. The third-order valence-corrected chi connectivity index (χ3v) is 33.8. The second kappa shape index (κ2) is 22.8. The van der Waals surface area contributed by atoms with Crippen molar-refractivity contribution in [2.24, 2.45) is 0 Å². The molecule has 9 heterocycles. The van der Waals surface area contributed by atoms with Gasteiger partial charge in [0.2, 0.25) is 0 Å². The van der Waals surface area contributed by atoms with E-state index in [1.54, 1.807) is 0 Å². The van der Waals surface area contributed by atoms with Crippen LogP contribution in [0.5, 0.6) is 0 Å². The van der Waals surface area contributed by atoms with E-state index in [4.69, 9.17) is 0 Å². The maximum absolute atomic E-state index is 2.76. The minimum absolute atomic E-state index is 0.00211. The molecule has 0 bridgehead atoms. The normalized spacial score (nSPS) is 15.5. The van der Waals surface area contributed by atoms with E-state index >= 15 is 0 Å². The predicted octanol–water partition coefficient (Wildman–Crippen LogP) is 28.6. The smallest absolute Gasteiger partial charge is 0.333 e. The topological polar surface area (TPSA) is 16.3 Å². The Morgan fingerprint density at radius 2 is 0.680 bits per heavy atom. The Morgan fingerprint density at radius 1 is 0.262 bits per heavy atom. The Labute approximate surface area is 721 Å². The number of benzene rings is 16. The summed E-state index contributed by atoms with van der Waals surface area (Å²) in [4.78, 5) is 5.51. The van der Waals surface area contributed by atoms with E-state index in [0.717, 1.165) is 0 Å². The number of anilines is 4. The van der Waals surface area contributed by atoms with Crippen LogP contribution in [0.25, 0.3) is 182 Å². The van der Waals surface area contributed by atoms with Gasteiger partial charge in [0.05, 0.1) is 22.1 Å². The van der Waals surface area contributed by atoms with Gasteiger partial charge in [-0.05, 0) is 230 Å². The average Bonchev–Trinajstić information content (AvgIpc) is 1.49. The molecule has 3 aliphatic carbocycles. The summed E-state index contributed by atoms with van der Waals surface area (Å²) in [6.07, 6.45) is 0. The highest BCUT2D eigenvalue weighted by molar-refractivity contribution is 7.27. The van der Waals surface area contributed by atoms with E-state index in [1.807, 2.05) is 34.0 Å². The summed E-state index contributed by atoms with van der Waals surface area (Å²) in [5, 5.41) is 13.1. The largest absolute Gasteiger partial charge is 0.376 e. The molecule has 4 aliphatic heterocycles. The molecule has 16 aromatic carbocycles. The van der Waals surface area contributed by atoms with Crippen LogP contribution in [-0.2, 0) is 27.1 Å². The number of hydrogen-bond donors (Lipinski definition) is 0. The fraction of sp³-hybridized carbons (Fsp3) is 0.150. The zero-order chi connectivity index (χ0) is 81.5. The van der Waals surface area contributed by atoms with Crippen molar-refractivity contribution in [3.8, 4) is 78.1 Å². The van der Waals surface area contributed by atoms with Gasteiger partial charge in [0, 0.05) is 144 Å². The summed E-state index contributed by atoms with van der Waals surface area (Å²) in [5.74, 6) is 0. The number of aromatic nitrogens is 2. The third kappa shape index (κ3) is 8.60. The van der Waals surface area contributed by atoms with Crippen LogP contribution >= 0.6 is 34.0 Å². The Bertz CT molecular complexity index is 8530. The van der Waals surface area contributed by atoms with Crippen molar-refractivity contribution in [2.45, 2.75) is 110 Å². The lowest BCUT2D eigenvalue weighted by atomic mass is 9.43. The number of fused-ring (bicyclic) bond motifs is 34. The molecule has 5 aromatic heterocycles. The van der Waals surface area contributed by atoms with Crippen molar-refractivity contribution in [3.05, 3.63) is 324 Å². The van der Waals surface area contributed by atoms with Crippen LogP contribution in [0, 0.1) is 0 Å². The third-order valence-electron chi connectivity index (χ3n) is 30.4. The fourth-order valence-corrected chi connectivity index (χ4v) is 27.9. The molecular formula is C113H82B2N4S3. The first kappa shape index (κ1) is 69.2. The number of hydrogen-bond acceptors (Lipinski definition) is 5. The molecule has 7 aliphatic rings. The van der Waals surface area contributed by atoms with Crippen LogP contribution in [-0.4, -0.2) is 22.8 Å². The summed E-state index contributed by atoms with van der Waals surface area (Å²) >= 11 is 5.83. The van der Waals surface area contributed by atoms with Crippen molar-refractivity contribution in [3.63, 3.8) is 0 Å². The van der Waals surface area contributed by atoms with Crippen LogP contribution in [0.15, 0.2) is 279 Å². The molecule has 0 amide bonds. The first-order valence-electron chi connectivity index (χ1n) is 43.6. The van der Waals surface area contributed by atoms with E-state index < -0.39 is 0 Å². The molecule has 0 unspecified atom stereocenters. The van der Waals surface area contributed by atoms with Gasteiger partial charge in [-0.2, -0.15) is 0 Å². The lowest BCUT2D eigenvalue weighted by molar-refractivity contribution is 0.590. The maximum Gasteiger partial charge on any atom is 0.333 e. The van der Waals surface area contributed by atoms with Gasteiger partial charge in [-0.25, -0.2) is 0 Å². The Balaban J connectivity index is 0.640. The first-order chi connectivity index (χ1) is 59.0. The van der Waals surface area contributed by atoms with Crippen LogP contribution in [0.1, 0.15) is 128 Å².